The number of hydrogen-bond acceptors (Lipinski definition) is 4. The predicted molar refractivity (Wildman–Crippen MR) is 120 cm³/mol. The maximum absolute atomic E-state index is 13.2. The molecule has 2 aliphatic rings. The van der Waals surface area contributed by atoms with Crippen molar-refractivity contribution in [2.45, 2.75) is 43.7 Å². The van der Waals surface area contributed by atoms with Gasteiger partial charge in [-0.25, -0.2) is 8.42 Å². The Bertz CT molecular complexity index is 1200. The molecule has 2 aromatic carbocycles. The van der Waals surface area contributed by atoms with Crippen molar-refractivity contribution in [2.75, 3.05) is 24.5 Å². The first-order valence-corrected chi connectivity index (χ1v) is 12.5. The van der Waals surface area contributed by atoms with Crippen molar-refractivity contribution in [3.8, 4) is 0 Å². The van der Waals surface area contributed by atoms with Crippen LogP contribution in [-0.2, 0) is 27.4 Å². The van der Waals surface area contributed by atoms with Crippen LogP contribution in [0.1, 0.15) is 47.7 Å². The van der Waals surface area contributed by atoms with Crippen LogP contribution in [0.25, 0.3) is 0 Å². The quantitative estimate of drug-likeness (QED) is 0.595. The maximum Gasteiger partial charge on any atom is 0.416 e. The summed E-state index contributed by atoms with van der Waals surface area (Å²) in [6.45, 7) is 2.17. The van der Waals surface area contributed by atoms with E-state index in [2.05, 4.69) is 0 Å². The summed E-state index contributed by atoms with van der Waals surface area (Å²) in [4.78, 5) is 26.3. The molecule has 0 spiro atoms. The van der Waals surface area contributed by atoms with E-state index in [4.69, 9.17) is 0 Å². The van der Waals surface area contributed by atoms with E-state index in [1.807, 2.05) is 0 Å². The number of benzene rings is 2. The molecule has 34 heavy (non-hydrogen) atoms. The first kappa shape index (κ1) is 24.4. The van der Waals surface area contributed by atoms with E-state index in [9.17, 15) is 31.2 Å². The molecule has 0 saturated carbocycles. The van der Waals surface area contributed by atoms with Gasteiger partial charge in [-0.2, -0.15) is 17.5 Å². The molecule has 6 nitrogen and oxygen atoms in total. The molecule has 2 aliphatic heterocycles. The predicted octanol–water partition coefficient (Wildman–Crippen LogP) is 4.29. The molecule has 0 bridgehead atoms. The zero-order chi connectivity index (χ0) is 24.7. The van der Waals surface area contributed by atoms with Gasteiger partial charge in [-0.3, -0.25) is 9.59 Å². The van der Waals surface area contributed by atoms with Crippen LogP contribution in [0.3, 0.4) is 0 Å². The number of ketones is 1. The number of alkyl halides is 3. The lowest BCUT2D eigenvalue weighted by atomic mass is 9.93. The van der Waals surface area contributed by atoms with Gasteiger partial charge in [-0.15, -0.1) is 0 Å². The fraction of sp³-hybridized carbons (Fsp3) is 0.417. The summed E-state index contributed by atoms with van der Waals surface area (Å²) in [6.07, 6.45) is -2.73. The molecule has 1 fully saturated rings. The summed E-state index contributed by atoms with van der Waals surface area (Å²) >= 11 is 0. The summed E-state index contributed by atoms with van der Waals surface area (Å²) in [5, 5.41) is 0. The number of fused-ring (bicyclic) bond motifs is 1. The van der Waals surface area contributed by atoms with E-state index in [0.717, 1.165) is 12.1 Å². The van der Waals surface area contributed by atoms with Gasteiger partial charge in [0.15, 0.2) is 5.78 Å². The molecule has 0 N–H and O–H groups in total. The van der Waals surface area contributed by atoms with Crippen molar-refractivity contribution in [3.63, 3.8) is 0 Å². The van der Waals surface area contributed by atoms with Crippen LogP contribution in [0.2, 0.25) is 0 Å². The summed E-state index contributed by atoms with van der Waals surface area (Å²) in [7, 11) is -3.76. The highest BCUT2D eigenvalue weighted by Gasteiger charge is 2.36. The Hall–Kier alpha value is -2.72. The molecular weight excluding hydrogens is 469 g/mol. The normalized spacial score (nSPS) is 17.9. The van der Waals surface area contributed by atoms with Crippen molar-refractivity contribution >= 4 is 27.4 Å². The minimum atomic E-state index is -4.44. The highest BCUT2D eigenvalue weighted by Crippen LogP contribution is 2.36. The molecule has 2 heterocycles. The molecule has 182 valence electrons. The third-order valence-electron chi connectivity index (χ3n) is 6.49. The van der Waals surface area contributed by atoms with Crippen molar-refractivity contribution in [1.82, 2.24) is 4.31 Å². The molecule has 1 amide bonds. The second-order valence-corrected chi connectivity index (χ2v) is 10.6. The third kappa shape index (κ3) is 4.74. The average Bonchev–Trinajstić information content (AvgIpc) is 2.82. The van der Waals surface area contributed by atoms with Gasteiger partial charge in [-0.1, -0.05) is 12.1 Å². The fourth-order valence-electron chi connectivity index (χ4n) is 4.58. The number of carbonyl (C=O) groups is 2. The lowest BCUT2D eigenvalue weighted by Crippen LogP contribution is -2.45. The number of Topliss-reactive ketones (excluding diaryl/α,β-unsaturated/α-hetero) is 1. The molecule has 1 saturated heterocycles. The van der Waals surface area contributed by atoms with E-state index < -0.39 is 27.7 Å². The lowest BCUT2D eigenvalue weighted by Gasteiger charge is -2.36. The van der Waals surface area contributed by atoms with Crippen molar-refractivity contribution in [3.05, 3.63) is 59.2 Å². The summed E-state index contributed by atoms with van der Waals surface area (Å²) in [6, 6.07) is 9.23. The van der Waals surface area contributed by atoms with Crippen LogP contribution in [0.4, 0.5) is 18.9 Å². The van der Waals surface area contributed by atoms with Gasteiger partial charge < -0.3 is 4.90 Å². The number of piperidine rings is 1. The molecule has 4 rings (SSSR count). The number of halogens is 3. The zero-order valence-corrected chi connectivity index (χ0v) is 19.5. The van der Waals surface area contributed by atoms with E-state index >= 15 is 0 Å². The highest BCUT2D eigenvalue weighted by atomic mass is 32.2. The topological polar surface area (TPSA) is 74.8 Å². The highest BCUT2D eigenvalue weighted by molar-refractivity contribution is 7.89. The minimum absolute atomic E-state index is 0.0905. The summed E-state index contributed by atoms with van der Waals surface area (Å²) in [5.41, 5.74) is 0.705. The van der Waals surface area contributed by atoms with Gasteiger partial charge in [0, 0.05) is 36.8 Å². The molecule has 0 radical (unpaired) electrons. The fourth-order valence-corrected chi connectivity index (χ4v) is 6.05. The van der Waals surface area contributed by atoms with Crippen LogP contribution < -0.4 is 4.90 Å². The molecule has 0 unspecified atom stereocenters. The lowest BCUT2D eigenvalue weighted by molar-refractivity contribution is -0.137. The summed E-state index contributed by atoms with van der Waals surface area (Å²) < 4.78 is 66.5. The SMILES string of the molecule is CC(=O)c1ccc(S(=O)(=O)N2CCC(C(=O)N3CCCc4cc(C(F)(F)F)ccc43)CC2)cc1. The van der Waals surface area contributed by atoms with E-state index in [0.29, 0.717) is 49.0 Å². The zero-order valence-electron chi connectivity index (χ0n) is 18.6. The Morgan fingerprint density at radius 1 is 0.971 bits per heavy atom. The molecule has 2 aromatic rings. The third-order valence-corrected chi connectivity index (χ3v) is 8.41. The molecule has 0 aromatic heterocycles. The van der Waals surface area contributed by atoms with Crippen molar-refractivity contribution in [1.29, 1.82) is 0 Å². The average molecular weight is 495 g/mol. The Kier molecular flexibility index (Phi) is 6.56. The van der Waals surface area contributed by atoms with Crippen LogP contribution in [0, 0.1) is 5.92 Å². The van der Waals surface area contributed by atoms with E-state index in [-0.39, 0.29) is 29.7 Å². The number of carbonyl (C=O) groups excluding carboxylic acids is 2. The second-order valence-electron chi connectivity index (χ2n) is 8.69. The standard InChI is InChI=1S/C24H25F3N2O4S/c1-16(30)17-4-7-21(8-5-17)34(32,33)28-13-10-18(11-14-28)23(31)29-12-2-3-19-15-20(24(25,26)27)6-9-22(19)29/h4-9,15,18H,2-3,10-14H2,1H3. The van der Waals surface area contributed by atoms with Crippen LogP contribution in [0.15, 0.2) is 47.4 Å². The van der Waals surface area contributed by atoms with Crippen LogP contribution >= 0.6 is 0 Å². The Balaban J connectivity index is 1.45. The minimum Gasteiger partial charge on any atom is -0.312 e. The maximum atomic E-state index is 13.2. The number of anilines is 1. The number of rotatable bonds is 4. The Morgan fingerprint density at radius 3 is 2.21 bits per heavy atom. The Morgan fingerprint density at radius 2 is 1.62 bits per heavy atom. The van der Waals surface area contributed by atoms with Gasteiger partial charge in [0.2, 0.25) is 15.9 Å². The first-order chi connectivity index (χ1) is 16.0. The van der Waals surface area contributed by atoms with Crippen LogP contribution in [0.5, 0.6) is 0 Å². The number of hydrogen-bond donors (Lipinski definition) is 0. The largest absolute Gasteiger partial charge is 0.416 e. The molecule has 0 aliphatic carbocycles. The van der Waals surface area contributed by atoms with E-state index in [1.165, 1.54) is 41.6 Å². The van der Waals surface area contributed by atoms with Crippen molar-refractivity contribution in [2.24, 2.45) is 5.92 Å². The molecule has 10 heteroatoms. The Labute approximate surface area is 196 Å². The first-order valence-electron chi connectivity index (χ1n) is 11.1. The van der Waals surface area contributed by atoms with Gasteiger partial charge >= 0.3 is 6.18 Å². The smallest absolute Gasteiger partial charge is 0.312 e. The number of sulfonamides is 1. The number of nitrogens with zero attached hydrogens (tertiary/aromatic N) is 2. The van der Waals surface area contributed by atoms with Crippen molar-refractivity contribution < 1.29 is 31.2 Å². The van der Waals surface area contributed by atoms with Gasteiger partial charge in [-0.05, 0) is 68.5 Å². The summed E-state index contributed by atoms with van der Waals surface area (Å²) in [5.74, 6) is -0.736. The van der Waals surface area contributed by atoms with Gasteiger partial charge in [0.05, 0.1) is 10.5 Å². The van der Waals surface area contributed by atoms with E-state index in [1.54, 1.807) is 4.90 Å². The monoisotopic (exact) mass is 494 g/mol. The van der Waals surface area contributed by atoms with Crippen LogP contribution in [-0.4, -0.2) is 44.0 Å². The second kappa shape index (κ2) is 9.14. The number of aryl methyl sites for hydroxylation is 1. The van der Waals surface area contributed by atoms with Gasteiger partial charge in [0.25, 0.3) is 0 Å². The number of amides is 1. The van der Waals surface area contributed by atoms with Gasteiger partial charge in [0.1, 0.15) is 0 Å². The molecule has 0 atom stereocenters. The molecular formula is C24H25F3N2O4S.